The summed E-state index contributed by atoms with van der Waals surface area (Å²) in [5.41, 5.74) is 1.51. The van der Waals surface area contributed by atoms with E-state index in [9.17, 15) is 14.9 Å². The minimum atomic E-state index is -0.876. The summed E-state index contributed by atoms with van der Waals surface area (Å²) < 4.78 is 5.08. The predicted molar refractivity (Wildman–Crippen MR) is 86.4 cm³/mol. The Morgan fingerprint density at radius 2 is 2.00 bits per heavy atom. The van der Waals surface area contributed by atoms with E-state index in [1.165, 1.54) is 0 Å². The summed E-state index contributed by atoms with van der Waals surface area (Å²) in [4.78, 5) is 23.5. The third-order valence-corrected chi connectivity index (χ3v) is 3.98. The molecule has 0 bridgehead atoms. The van der Waals surface area contributed by atoms with Crippen molar-refractivity contribution in [3.8, 4) is 0 Å². The van der Waals surface area contributed by atoms with E-state index in [0.717, 1.165) is 0 Å². The normalized spacial score (nSPS) is 17.8. The number of rotatable bonds is 4. The summed E-state index contributed by atoms with van der Waals surface area (Å²) in [7, 11) is 0. The lowest BCUT2D eigenvalue weighted by Gasteiger charge is -2.26. The summed E-state index contributed by atoms with van der Waals surface area (Å²) in [5, 5.41) is 14.8. The summed E-state index contributed by atoms with van der Waals surface area (Å²) in [6.07, 6.45) is 0. The standard InChI is InChI=1S/C16H17ClN2O4/c1-4-23-16(20)13-9(2)18-10(3)15(19(21)22)14(13)11-7-5-6-8-12(11)17/h5-8,14,18H,4H2,1-3H3. The van der Waals surface area contributed by atoms with Crippen LogP contribution in [-0.2, 0) is 9.53 Å². The summed E-state index contributed by atoms with van der Waals surface area (Å²) in [5.74, 6) is -1.46. The van der Waals surface area contributed by atoms with Gasteiger partial charge in [0.1, 0.15) is 5.92 Å². The van der Waals surface area contributed by atoms with Gasteiger partial charge >= 0.3 is 5.97 Å². The molecule has 0 amide bonds. The maximum atomic E-state index is 12.4. The van der Waals surface area contributed by atoms with Crippen LogP contribution < -0.4 is 5.32 Å². The van der Waals surface area contributed by atoms with Crippen molar-refractivity contribution in [3.63, 3.8) is 0 Å². The van der Waals surface area contributed by atoms with Gasteiger partial charge in [-0.05, 0) is 32.4 Å². The first kappa shape index (κ1) is 17.0. The molecule has 0 saturated carbocycles. The maximum Gasteiger partial charge on any atom is 0.336 e. The van der Waals surface area contributed by atoms with Gasteiger partial charge in [0.15, 0.2) is 0 Å². The Balaban J connectivity index is 2.69. The number of hydrogen-bond donors (Lipinski definition) is 1. The Labute approximate surface area is 138 Å². The molecule has 0 aliphatic carbocycles. The zero-order chi connectivity index (χ0) is 17.1. The Morgan fingerprint density at radius 1 is 1.35 bits per heavy atom. The molecule has 0 aromatic heterocycles. The number of benzene rings is 1. The number of halogens is 1. The van der Waals surface area contributed by atoms with Crippen molar-refractivity contribution in [1.29, 1.82) is 0 Å². The van der Waals surface area contributed by atoms with Gasteiger partial charge in [-0.15, -0.1) is 0 Å². The molecule has 1 aliphatic heterocycles. The number of nitrogens with zero attached hydrogens (tertiary/aromatic N) is 1. The Hall–Kier alpha value is -2.34. The number of hydrogen-bond acceptors (Lipinski definition) is 5. The molecule has 6 nitrogen and oxygen atoms in total. The maximum absolute atomic E-state index is 12.4. The van der Waals surface area contributed by atoms with Gasteiger partial charge < -0.3 is 10.1 Å². The number of ether oxygens (including phenoxy) is 1. The van der Waals surface area contributed by atoms with Crippen LogP contribution in [0, 0.1) is 10.1 Å². The van der Waals surface area contributed by atoms with Crippen molar-refractivity contribution in [3.05, 3.63) is 67.6 Å². The lowest BCUT2D eigenvalue weighted by atomic mass is 9.84. The average molecular weight is 337 g/mol. The summed E-state index contributed by atoms with van der Waals surface area (Å²) >= 11 is 6.23. The molecular formula is C16H17ClN2O4. The van der Waals surface area contributed by atoms with E-state index in [1.54, 1.807) is 45.0 Å². The second-order valence-corrected chi connectivity index (χ2v) is 5.51. The minimum absolute atomic E-state index is 0.105. The van der Waals surface area contributed by atoms with Crippen LogP contribution in [0.25, 0.3) is 0 Å². The number of dihydropyridines is 1. The molecule has 122 valence electrons. The van der Waals surface area contributed by atoms with Gasteiger partial charge in [0.05, 0.1) is 22.8 Å². The Kier molecular flexibility index (Phi) is 5.05. The molecular weight excluding hydrogens is 320 g/mol. The summed E-state index contributed by atoms with van der Waals surface area (Å²) in [6, 6.07) is 6.79. The highest BCUT2D eigenvalue weighted by molar-refractivity contribution is 6.31. The molecule has 0 fully saturated rings. The smallest absolute Gasteiger partial charge is 0.336 e. The van der Waals surface area contributed by atoms with Gasteiger partial charge in [0.25, 0.3) is 5.70 Å². The van der Waals surface area contributed by atoms with Crippen LogP contribution in [0.4, 0.5) is 0 Å². The van der Waals surface area contributed by atoms with Crippen LogP contribution in [0.2, 0.25) is 5.02 Å². The number of carbonyl (C=O) groups is 1. The quantitative estimate of drug-likeness (QED) is 0.518. The zero-order valence-electron chi connectivity index (χ0n) is 13.1. The van der Waals surface area contributed by atoms with E-state index in [2.05, 4.69) is 5.32 Å². The second kappa shape index (κ2) is 6.83. The first-order chi connectivity index (χ1) is 10.9. The fourth-order valence-corrected chi connectivity index (χ4v) is 2.96. The van der Waals surface area contributed by atoms with Crippen LogP contribution >= 0.6 is 11.6 Å². The number of allylic oxidation sites excluding steroid dienone is 3. The molecule has 0 radical (unpaired) electrons. The Morgan fingerprint density at radius 3 is 2.57 bits per heavy atom. The molecule has 0 saturated heterocycles. The number of carbonyl (C=O) groups excluding carboxylic acids is 1. The lowest BCUT2D eigenvalue weighted by Crippen LogP contribution is -2.31. The molecule has 1 unspecified atom stereocenters. The molecule has 1 heterocycles. The van der Waals surface area contributed by atoms with Crippen molar-refractivity contribution in [2.45, 2.75) is 26.7 Å². The predicted octanol–water partition coefficient (Wildman–Crippen LogP) is 3.37. The van der Waals surface area contributed by atoms with Gasteiger partial charge in [-0.2, -0.15) is 0 Å². The third kappa shape index (κ3) is 3.22. The van der Waals surface area contributed by atoms with Crippen molar-refractivity contribution in [1.82, 2.24) is 5.32 Å². The molecule has 1 N–H and O–H groups in total. The molecule has 1 aromatic carbocycles. The lowest BCUT2D eigenvalue weighted by molar-refractivity contribution is -0.431. The molecule has 23 heavy (non-hydrogen) atoms. The van der Waals surface area contributed by atoms with E-state index in [4.69, 9.17) is 16.3 Å². The number of nitro groups is 1. The minimum Gasteiger partial charge on any atom is -0.463 e. The highest BCUT2D eigenvalue weighted by Crippen LogP contribution is 2.41. The first-order valence-corrected chi connectivity index (χ1v) is 7.50. The van der Waals surface area contributed by atoms with Crippen LogP contribution in [0.5, 0.6) is 0 Å². The molecule has 1 aliphatic rings. The molecule has 7 heteroatoms. The second-order valence-electron chi connectivity index (χ2n) is 5.11. The highest BCUT2D eigenvalue weighted by Gasteiger charge is 2.41. The zero-order valence-corrected chi connectivity index (χ0v) is 13.8. The van der Waals surface area contributed by atoms with Gasteiger partial charge in [-0.3, -0.25) is 10.1 Å². The Bertz CT molecular complexity index is 725. The van der Waals surface area contributed by atoms with Gasteiger partial charge in [0, 0.05) is 10.7 Å². The number of esters is 1. The number of nitrogens with one attached hydrogen (secondary N) is 1. The summed E-state index contributed by atoms with van der Waals surface area (Å²) in [6.45, 7) is 5.16. The van der Waals surface area contributed by atoms with Crippen molar-refractivity contribution in [2.75, 3.05) is 6.61 Å². The van der Waals surface area contributed by atoms with Gasteiger partial charge in [-0.25, -0.2) is 4.79 Å². The molecule has 2 rings (SSSR count). The fraction of sp³-hybridized carbons (Fsp3) is 0.312. The van der Waals surface area contributed by atoms with E-state index in [0.29, 0.717) is 22.0 Å². The molecule has 1 aromatic rings. The van der Waals surface area contributed by atoms with Crippen molar-refractivity contribution in [2.24, 2.45) is 0 Å². The van der Waals surface area contributed by atoms with Crippen molar-refractivity contribution >= 4 is 17.6 Å². The van der Waals surface area contributed by atoms with E-state index in [-0.39, 0.29) is 17.9 Å². The van der Waals surface area contributed by atoms with Gasteiger partial charge in [-0.1, -0.05) is 29.8 Å². The first-order valence-electron chi connectivity index (χ1n) is 7.13. The monoisotopic (exact) mass is 336 g/mol. The van der Waals surface area contributed by atoms with Crippen LogP contribution in [0.3, 0.4) is 0 Å². The average Bonchev–Trinajstić information content (AvgIpc) is 2.46. The fourth-order valence-electron chi connectivity index (χ4n) is 2.72. The van der Waals surface area contributed by atoms with E-state index in [1.807, 2.05) is 0 Å². The molecule has 1 atom stereocenters. The topological polar surface area (TPSA) is 81.5 Å². The largest absolute Gasteiger partial charge is 0.463 e. The highest BCUT2D eigenvalue weighted by atomic mass is 35.5. The third-order valence-electron chi connectivity index (χ3n) is 3.63. The molecule has 0 spiro atoms. The van der Waals surface area contributed by atoms with Crippen LogP contribution in [0.1, 0.15) is 32.3 Å². The van der Waals surface area contributed by atoms with Crippen LogP contribution in [0.15, 0.2) is 46.9 Å². The van der Waals surface area contributed by atoms with Crippen LogP contribution in [-0.4, -0.2) is 17.5 Å². The van der Waals surface area contributed by atoms with E-state index < -0.39 is 16.8 Å². The SMILES string of the molecule is CCOC(=O)C1=C(C)NC(C)=C([N+](=O)[O-])C1c1ccccc1Cl. The van der Waals surface area contributed by atoms with Crippen molar-refractivity contribution < 1.29 is 14.5 Å². The van der Waals surface area contributed by atoms with E-state index >= 15 is 0 Å². The van der Waals surface area contributed by atoms with Gasteiger partial charge in [0.2, 0.25) is 0 Å².